The van der Waals surface area contributed by atoms with Crippen molar-refractivity contribution in [2.45, 2.75) is 113 Å². The van der Waals surface area contributed by atoms with Crippen LogP contribution in [0.5, 0.6) is 0 Å². The summed E-state index contributed by atoms with van der Waals surface area (Å²) in [5.74, 6) is 0. The molecule has 0 saturated heterocycles. The number of hydrogen-bond acceptors (Lipinski definition) is 2. The zero-order chi connectivity index (χ0) is 31.3. The predicted octanol–water partition coefficient (Wildman–Crippen LogP) is 11.0. The Kier molecular flexibility index (Phi) is 14.0. The normalized spacial score (nSPS) is 26.2. The molecule has 42 heavy (non-hydrogen) atoms. The van der Waals surface area contributed by atoms with Crippen LogP contribution in [0.3, 0.4) is 0 Å². The largest absolute Gasteiger partial charge is 0.393 e. The van der Waals surface area contributed by atoms with Crippen LogP contribution in [0.25, 0.3) is 0 Å². The molecule has 0 aromatic heterocycles. The van der Waals surface area contributed by atoms with Crippen molar-refractivity contribution >= 4 is 0 Å². The van der Waals surface area contributed by atoms with Crippen molar-refractivity contribution in [3.8, 4) is 0 Å². The van der Waals surface area contributed by atoms with E-state index in [9.17, 15) is 5.11 Å². The van der Waals surface area contributed by atoms with Crippen molar-refractivity contribution in [3.63, 3.8) is 0 Å². The van der Waals surface area contributed by atoms with Gasteiger partial charge in [0.25, 0.3) is 0 Å². The van der Waals surface area contributed by atoms with E-state index in [2.05, 4.69) is 160 Å². The molecular weight excluding hydrogens is 512 g/mol. The van der Waals surface area contributed by atoms with Crippen molar-refractivity contribution in [2.24, 2.45) is 5.41 Å². The van der Waals surface area contributed by atoms with Crippen LogP contribution in [0.4, 0.5) is 0 Å². The third-order valence-corrected chi connectivity index (χ3v) is 7.92. The zero-order valence-electron chi connectivity index (χ0n) is 28.0. The van der Waals surface area contributed by atoms with E-state index >= 15 is 0 Å². The lowest BCUT2D eigenvalue weighted by molar-refractivity contribution is -0.0683. The molecule has 0 aromatic carbocycles. The first kappa shape index (κ1) is 35.3. The van der Waals surface area contributed by atoms with E-state index in [1.165, 1.54) is 39.0 Å². The average Bonchev–Trinajstić information content (AvgIpc) is 3.24. The van der Waals surface area contributed by atoms with Crippen molar-refractivity contribution in [1.29, 1.82) is 0 Å². The second kappa shape index (κ2) is 16.6. The Morgan fingerprint density at radius 2 is 1.29 bits per heavy atom. The van der Waals surface area contributed by atoms with Crippen LogP contribution < -0.4 is 0 Å². The number of hydrogen-bond donors (Lipinski definition) is 1. The lowest BCUT2D eigenvalue weighted by Crippen LogP contribution is -2.45. The number of aliphatic hydroxyl groups is 1. The quantitative estimate of drug-likeness (QED) is 0.187. The molecule has 228 valence electrons. The third-order valence-electron chi connectivity index (χ3n) is 7.92. The Labute approximate surface area is 257 Å². The molecule has 0 amide bonds. The van der Waals surface area contributed by atoms with Crippen LogP contribution in [0.15, 0.2) is 130 Å². The maximum Gasteiger partial charge on any atom is 0.0982 e. The summed E-state index contributed by atoms with van der Waals surface area (Å²) >= 11 is 0. The summed E-state index contributed by atoms with van der Waals surface area (Å²) in [4.78, 5) is 0. The van der Waals surface area contributed by atoms with Crippen LogP contribution in [0, 0.1) is 5.41 Å². The fourth-order valence-corrected chi connectivity index (χ4v) is 5.67. The van der Waals surface area contributed by atoms with Gasteiger partial charge in [0.1, 0.15) is 0 Å². The summed E-state index contributed by atoms with van der Waals surface area (Å²) in [6.07, 6.45) is 35.5. The van der Waals surface area contributed by atoms with Gasteiger partial charge in [-0.2, -0.15) is 0 Å². The first-order chi connectivity index (χ1) is 19.7. The summed E-state index contributed by atoms with van der Waals surface area (Å²) < 4.78 is 6.46. The minimum atomic E-state index is -0.375. The lowest BCUT2D eigenvalue weighted by Gasteiger charge is -2.44. The second-order valence-corrected chi connectivity index (χ2v) is 13.2. The van der Waals surface area contributed by atoms with E-state index in [1.807, 2.05) is 0 Å². The third kappa shape index (κ3) is 12.1. The zero-order valence-corrected chi connectivity index (χ0v) is 28.0. The monoisotopic (exact) mass is 568 g/mol. The highest BCUT2D eigenvalue weighted by atomic mass is 16.5. The molecule has 1 saturated carbocycles. The van der Waals surface area contributed by atoms with Crippen molar-refractivity contribution < 1.29 is 9.84 Å². The van der Waals surface area contributed by atoms with E-state index in [4.69, 9.17) is 4.74 Å². The van der Waals surface area contributed by atoms with Gasteiger partial charge >= 0.3 is 0 Å². The molecule has 1 aliphatic carbocycles. The first-order valence-electron chi connectivity index (χ1n) is 15.5. The van der Waals surface area contributed by atoms with E-state index in [0.717, 1.165) is 19.3 Å². The Hall–Kier alpha value is -2.94. The van der Waals surface area contributed by atoms with E-state index in [0.29, 0.717) is 6.42 Å². The summed E-state index contributed by atoms with van der Waals surface area (Å²) in [5, 5.41) is 10.4. The van der Waals surface area contributed by atoms with Gasteiger partial charge in [-0.15, -0.1) is 0 Å². The number of ether oxygens (including phenoxy) is 1. The Balaban J connectivity index is 1.86. The summed E-state index contributed by atoms with van der Waals surface area (Å²) in [6, 6.07) is 0. The van der Waals surface area contributed by atoms with Gasteiger partial charge in [-0.25, -0.2) is 0 Å². The van der Waals surface area contributed by atoms with Crippen LogP contribution >= 0.6 is 0 Å². The predicted molar refractivity (Wildman–Crippen MR) is 184 cm³/mol. The Morgan fingerprint density at radius 1 is 0.762 bits per heavy atom. The van der Waals surface area contributed by atoms with Crippen LogP contribution in [-0.4, -0.2) is 22.9 Å². The number of aliphatic hydroxyl groups excluding tert-OH is 1. The van der Waals surface area contributed by atoms with Gasteiger partial charge < -0.3 is 9.84 Å². The molecule has 3 atom stereocenters. The minimum absolute atomic E-state index is 0.0390. The standard InChI is InChI=1S/C40H56O2/c1-30(2)17-13-20-33(5)22-15-24-34(6)23-14-21-31(3)18-11-12-19-32(4)25-16-26-35(7)37-27-38-39(8,9)28-36(41)29-40(38,10)42-37/h11-12,14-19,21-27,36-37,41H,13,20,28-29H2,1-10H3/b12-11+,21-14+,24-15+,25-16+,31-18+,32-19+,33-22+,34-23+,35-26+. The van der Waals surface area contributed by atoms with Crippen LogP contribution in [0.2, 0.25) is 0 Å². The van der Waals surface area contributed by atoms with Crippen LogP contribution in [-0.2, 0) is 4.74 Å². The van der Waals surface area contributed by atoms with Crippen molar-refractivity contribution in [3.05, 3.63) is 130 Å². The van der Waals surface area contributed by atoms with E-state index < -0.39 is 0 Å². The highest BCUT2D eigenvalue weighted by molar-refractivity contribution is 5.37. The smallest absolute Gasteiger partial charge is 0.0982 e. The van der Waals surface area contributed by atoms with Crippen molar-refractivity contribution in [2.75, 3.05) is 0 Å². The molecule has 1 N–H and O–H groups in total. The fourth-order valence-electron chi connectivity index (χ4n) is 5.67. The van der Waals surface area contributed by atoms with Gasteiger partial charge in [-0.1, -0.05) is 127 Å². The van der Waals surface area contributed by atoms with Gasteiger partial charge in [0.2, 0.25) is 0 Å². The van der Waals surface area contributed by atoms with Gasteiger partial charge in [0.15, 0.2) is 0 Å². The Bertz CT molecular complexity index is 1260. The number of fused-ring (bicyclic) bond motifs is 1. The van der Waals surface area contributed by atoms with Gasteiger partial charge in [-0.05, 0) is 97.3 Å². The maximum absolute atomic E-state index is 10.4. The summed E-state index contributed by atoms with van der Waals surface area (Å²) in [5.41, 5.74) is 8.48. The molecular formula is C40H56O2. The van der Waals surface area contributed by atoms with Gasteiger partial charge in [0.05, 0.1) is 17.8 Å². The fraction of sp³-hybridized carbons (Fsp3) is 0.450. The molecule has 1 aliphatic heterocycles. The highest BCUT2D eigenvalue weighted by Crippen LogP contribution is 2.52. The molecule has 2 rings (SSSR count). The van der Waals surface area contributed by atoms with Gasteiger partial charge in [0, 0.05) is 6.42 Å². The van der Waals surface area contributed by atoms with Gasteiger partial charge in [-0.3, -0.25) is 0 Å². The molecule has 2 nitrogen and oxygen atoms in total. The number of allylic oxidation sites excluding steroid dienone is 19. The molecule has 2 heteroatoms. The lowest BCUT2D eigenvalue weighted by atomic mass is 9.65. The molecule has 0 spiro atoms. The SMILES string of the molecule is CC(C)=CCC/C(C)=C/C=C/C(C)=C/C=C/C(C)=C/C=C/C=C(C)/C=C/C=C(\C)C1C=C2C(C)(C)CC(O)CC2(C)O1. The number of rotatable bonds is 12. The Morgan fingerprint density at radius 3 is 1.86 bits per heavy atom. The van der Waals surface area contributed by atoms with Crippen molar-refractivity contribution in [1.82, 2.24) is 0 Å². The topological polar surface area (TPSA) is 29.5 Å². The summed E-state index contributed by atoms with van der Waals surface area (Å²) in [7, 11) is 0. The molecule has 2 aliphatic rings. The first-order valence-corrected chi connectivity index (χ1v) is 15.5. The molecule has 3 unspecified atom stereocenters. The molecule has 1 fully saturated rings. The highest BCUT2D eigenvalue weighted by Gasteiger charge is 2.50. The van der Waals surface area contributed by atoms with E-state index in [-0.39, 0.29) is 23.2 Å². The van der Waals surface area contributed by atoms with Crippen LogP contribution in [0.1, 0.15) is 94.9 Å². The molecule has 0 aromatic rings. The maximum atomic E-state index is 10.4. The molecule has 0 radical (unpaired) electrons. The average molecular weight is 569 g/mol. The molecule has 1 heterocycles. The molecule has 0 bridgehead atoms. The second-order valence-electron chi connectivity index (χ2n) is 13.2. The minimum Gasteiger partial charge on any atom is -0.393 e. The van der Waals surface area contributed by atoms with E-state index in [1.54, 1.807) is 0 Å². The summed E-state index contributed by atoms with van der Waals surface area (Å²) in [6.45, 7) is 21.5.